The molecule has 0 aliphatic carbocycles. The van der Waals surface area contributed by atoms with Crippen LogP contribution in [0.1, 0.15) is 19.8 Å². The second kappa shape index (κ2) is 3.01. The predicted molar refractivity (Wildman–Crippen MR) is 36.2 cm³/mol. The summed E-state index contributed by atoms with van der Waals surface area (Å²) in [6.07, 6.45) is -3.11. The summed E-state index contributed by atoms with van der Waals surface area (Å²) in [5, 5.41) is 2.82. The molecule has 4 heteroatoms. The van der Waals surface area contributed by atoms with E-state index < -0.39 is 18.1 Å². The van der Waals surface area contributed by atoms with Crippen molar-refractivity contribution in [2.45, 2.75) is 32.0 Å². The van der Waals surface area contributed by atoms with Gasteiger partial charge >= 0.3 is 6.18 Å². The number of hydrogen-bond acceptors (Lipinski definition) is 1. The van der Waals surface area contributed by atoms with Gasteiger partial charge in [-0.05, 0) is 26.3 Å². The fourth-order valence-corrected chi connectivity index (χ4v) is 1.49. The van der Waals surface area contributed by atoms with E-state index in [9.17, 15) is 13.2 Å². The van der Waals surface area contributed by atoms with E-state index in [1.165, 1.54) is 0 Å². The maximum atomic E-state index is 12.2. The molecule has 0 aromatic carbocycles. The highest BCUT2D eigenvalue weighted by atomic mass is 19.4. The first-order valence-electron chi connectivity index (χ1n) is 3.82. The molecular formula is C7H12F3N. The maximum Gasteiger partial charge on any atom is 0.393 e. The van der Waals surface area contributed by atoms with Gasteiger partial charge in [-0.15, -0.1) is 0 Å². The van der Waals surface area contributed by atoms with Crippen molar-refractivity contribution in [2.24, 2.45) is 5.92 Å². The second-order valence-electron chi connectivity index (χ2n) is 3.03. The molecule has 66 valence electrons. The molecule has 1 fully saturated rings. The van der Waals surface area contributed by atoms with Crippen molar-refractivity contribution in [1.82, 2.24) is 5.32 Å². The fourth-order valence-electron chi connectivity index (χ4n) is 1.49. The van der Waals surface area contributed by atoms with Gasteiger partial charge in [0, 0.05) is 6.04 Å². The molecular weight excluding hydrogens is 155 g/mol. The van der Waals surface area contributed by atoms with Crippen LogP contribution in [0.2, 0.25) is 0 Å². The van der Waals surface area contributed by atoms with E-state index in [1.807, 2.05) is 0 Å². The zero-order valence-electron chi connectivity index (χ0n) is 6.41. The zero-order chi connectivity index (χ0) is 8.48. The Morgan fingerprint density at radius 2 is 2.00 bits per heavy atom. The minimum absolute atomic E-state index is 0.275. The van der Waals surface area contributed by atoms with Crippen molar-refractivity contribution in [3.63, 3.8) is 0 Å². The lowest BCUT2D eigenvalue weighted by Crippen LogP contribution is -2.45. The van der Waals surface area contributed by atoms with Gasteiger partial charge in [0.25, 0.3) is 0 Å². The molecule has 1 N–H and O–H groups in total. The Bertz CT molecular complexity index is 132. The number of rotatable bonds is 0. The molecule has 0 aromatic rings. The van der Waals surface area contributed by atoms with E-state index in [4.69, 9.17) is 0 Å². The van der Waals surface area contributed by atoms with Crippen molar-refractivity contribution < 1.29 is 13.2 Å². The van der Waals surface area contributed by atoms with Crippen LogP contribution < -0.4 is 5.32 Å². The van der Waals surface area contributed by atoms with Gasteiger partial charge in [0.05, 0.1) is 5.92 Å². The molecule has 2 atom stereocenters. The van der Waals surface area contributed by atoms with Gasteiger partial charge < -0.3 is 5.32 Å². The Hall–Kier alpha value is -0.250. The number of hydrogen-bond donors (Lipinski definition) is 1. The number of alkyl halides is 3. The van der Waals surface area contributed by atoms with Crippen LogP contribution in [0, 0.1) is 5.92 Å². The lowest BCUT2D eigenvalue weighted by molar-refractivity contribution is -0.186. The van der Waals surface area contributed by atoms with Gasteiger partial charge in [0.1, 0.15) is 0 Å². The molecule has 0 spiro atoms. The largest absolute Gasteiger partial charge is 0.393 e. The lowest BCUT2D eigenvalue weighted by Gasteiger charge is -2.31. The summed E-state index contributed by atoms with van der Waals surface area (Å²) >= 11 is 0. The van der Waals surface area contributed by atoms with Gasteiger partial charge in [-0.2, -0.15) is 13.2 Å². The first-order valence-corrected chi connectivity index (χ1v) is 3.82. The molecule has 1 heterocycles. The fraction of sp³-hybridized carbons (Fsp3) is 1.00. The van der Waals surface area contributed by atoms with E-state index >= 15 is 0 Å². The molecule has 0 bridgehead atoms. The Kier molecular flexibility index (Phi) is 2.42. The first-order chi connectivity index (χ1) is 5.02. The summed E-state index contributed by atoms with van der Waals surface area (Å²) < 4.78 is 36.5. The molecule has 1 saturated heterocycles. The first kappa shape index (κ1) is 8.84. The summed E-state index contributed by atoms with van der Waals surface area (Å²) in [7, 11) is 0. The van der Waals surface area contributed by atoms with Crippen molar-refractivity contribution in [1.29, 1.82) is 0 Å². The summed E-state index contributed by atoms with van der Waals surface area (Å²) in [6, 6.07) is -0.413. The molecule has 0 amide bonds. The minimum Gasteiger partial charge on any atom is -0.314 e. The van der Waals surface area contributed by atoms with Crippen LogP contribution in [0.25, 0.3) is 0 Å². The quantitative estimate of drug-likeness (QED) is 0.581. The lowest BCUT2D eigenvalue weighted by atomic mass is 9.92. The molecule has 0 radical (unpaired) electrons. The van der Waals surface area contributed by atoms with Gasteiger partial charge in [-0.3, -0.25) is 0 Å². The highest BCUT2D eigenvalue weighted by Gasteiger charge is 2.43. The molecule has 0 aromatic heterocycles. The predicted octanol–water partition coefficient (Wildman–Crippen LogP) is 1.94. The molecule has 1 rings (SSSR count). The average Bonchev–Trinajstić information content (AvgIpc) is 1.86. The van der Waals surface area contributed by atoms with E-state index in [0.29, 0.717) is 13.0 Å². The summed E-state index contributed by atoms with van der Waals surface area (Å²) in [6.45, 7) is 2.31. The van der Waals surface area contributed by atoms with Gasteiger partial charge in [0.15, 0.2) is 0 Å². The molecule has 0 saturated carbocycles. The second-order valence-corrected chi connectivity index (χ2v) is 3.03. The van der Waals surface area contributed by atoms with Crippen LogP contribution in [-0.2, 0) is 0 Å². The van der Waals surface area contributed by atoms with Crippen LogP contribution in [0.5, 0.6) is 0 Å². The normalized spacial score (nSPS) is 33.8. The standard InChI is InChI=1S/C7H12F3N/c1-5-6(7(8,9)10)3-2-4-11-5/h5-6,11H,2-4H2,1H3/t5-,6-/m1/s1. The van der Waals surface area contributed by atoms with Crippen molar-refractivity contribution in [3.8, 4) is 0 Å². The molecule has 1 aliphatic heterocycles. The zero-order valence-corrected chi connectivity index (χ0v) is 6.41. The third kappa shape index (κ3) is 2.09. The van der Waals surface area contributed by atoms with Gasteiger partial charge in [0.2, 0.25) is 0 Å². The third-order valence-electron chi connectivity index (χ3n) is 2.18. The van der Waals surface area contributed by atoms with Gasteiger partial charge in [-0.25, -0.2) is 0 Å². The Balaban J connectivity index is 2.55. The molecule has 1 aliphatic rings. The van der Waals surface area contributed by atoms with Crippen LogP contribution in [-0.4, -0.2) is 18.8 Å². The van der Waals surface area contributed by atoms with Crippen LogP contribution in [0.15, 0.2) is 0 Å². The Labute approximate surface area is 64.0 Å². The Morgan fingerprint density at radius 3 is 2.36 bits per heavy atom. The van der Waals surface area contributed by atoms with E-state index in [0.717, 1.165) is 0 Å². The monoisotopic (exact) mass is 167 g/mol. The Morgan fingerprint density at radius 1 is 1.36 bits per heavy atom. The topological polar surface area (TPSA) is 12.0 Å². The molecule has 11 heavy (non-hydrogen) atoms. The van der Waals surface area contributed by atoms with Crippen LogP contribution in [0.3, 0.4) is 0 Å². The highest BCUT2D eigenvalue weighted by Crippen LogP contribution is 2.33. The molecule has 1 nitrogen and oxygen atoms in total. The number of nitrogens with one attached hydrogen (secondary N) is 1. The molecule has 0 unspecified atom stereocenters. The van der Waals surface area contributed by atoms with Gasteiger partial charge in [-0.1, -0.05) is 0 Å². The van der Waals surface area contributed by atoms with Crippen LogP contribution >= 0.6 is 0 Å². The van der Waals surface area contributed by atoms with E-state index in [2.05, 4.69) is 5.32 Å². The maximum absolute atomic E-state index is 12.2. The van der Waals surface area contributed by atoms with Crippen molar-refractivity contribution in [3.05, 3.63) is 0 Å². The number of piperidine rings is 1. The SMILES string of the molecule is C[C@H]1NCCC[C@H]1C(F)(F)F. The van der Waals surface area contributed by atoms with Crippen molar-refractivity contribution in [2.75, 3.05) is 6.54 Å². The minimum atomic E-state index is -4.02. The van der Waals surface area contributed by atoms with E-state index in [-0.39, 0.29) is 6.42 Å². The highest BCUT2D eigenvalue weighted by molar-refractivity contribution is 4.82. The smallest absolute Gasteiger partial charge is 0.314 e. The summed E-state index contributed by atoms with van der Waals surface area (Å²) in [5.74, 6) is -1.14. The third-order valence-corrected chi connectivity index (χ3v) is 2.18. The average molecular weight is 167 g/mol. The van der Waals surface area contributed by atoms with Crippen LogP contribution in [0.4, 0.5) is 13.2 Å². The van der Waals surface area contributed by atoms with Crippen molar-refractivity contribution >= 4 is 0 Å². The summed E-state index contributed by atoms with van der Waals surface area (Å²) in [4.78, 5) is 0. The van der Waals surface area contributed by atoms with E-state index in [1.54, 1.807) is 6.92 Å². The summed E-state index contributed by atoms with van der Waals surface area (Å²) in [5.41, 5.74) is 0. The number of halogens is 3.